The molecule has 1 saturated heterocycles. The molecule has 4 rings (SSSR count). The lowest BCUT2D eigenvalue weighted by atomic mass is 9.95. The van der Waals surface area contributed by atoms with Gasteiger partial charge in [-0.1, -0.05) is 25.7 Å². The predicted octanol–water partition coefficient (Wildman–Crippen LogP) is 3.43. The Hall–Kier alpha value is -2.70. The number of anilines is 1. The molecule has 30 heavy (non-hydrogen) atoms. The van der Waals surface area contributed by atoms with Crippen LogP contribution in [0, 0.1) is 11.7 Å². The van der Waals surface area contributed by atoms with Gasteiger partial charge in [0, 0.05) is 31.1 Å². The highest BCUT2D eigenvalue weighted by molar-refractivity contribution is 5.79. The molecule has 0 atom stereocenters. The van der Waals surface area contributed by atoms with Gasteiger partial charge < -0.3 is 10.2 Å². The van der Waals surface area contributed by atoms with Gasteiger partial charge in [-0.05, 0) is 56.0 Å². The number of hydrogen-bond donors (Lipinski definition) is 1. The Bertz CT molecular complexity index is 912. The van der Waals surface area contributed by atoms with Crippen molar-refractivity contribution in [3.63, 3.8) is 0 Å². The van der Waals surface area contributed by atoms with Gasteiger partial charge in [-0.2, -0.15) is 4.68 Å². The summed E-state index contributed by atoms with van der Waals surface area (Å²) < 4.78 is 14.5. The summed E-state index contributed by atoms with van der Waals surface area (Å²) in [6.45, 7) is 1.44. The molecule has 2 aromatic rings. The van der Waals surface area contributed by atoms with Crippen LogP contribution in [0.5, 0.6) is 0 Å². The fraction of sp³-hybridized carbons (Fsp3) is 0.522. The summed E-state index contributed by atoms with van der Waals surface area (Å²) >= 11 is 0. The molecule has 1 amide bonds. The van der Waals surface area contributed by atoms with Crippen LogP contribution in [0.3, 0.4) is 0 Å². The van der Waals surface area contributed by atoms with Crippen molar-refractivity contribution in [3.05, 3.63) is 52.6 Å². The third kappa shape index (κ3) is 4.89. The van der Waals surface area contributed by atoms with Gasteiger partial charge in [-0.3, -0.25) is 9.59 Å². The minimum atomic E-state index is -0.354. The lowest BCUT2D eigenvalue weighted by Gasteiger charge is -2.33. The smallest absolute Gasteiger partial charge is 0.271 e. The minimum Gasteiger partial charge on any atom is -0.355 e. The second kappa shape index (κ2) is 9.41. The largest absolute Gasteiger partial charge is 0.355 e. The molecule has 160 valence electrons. The number of hydrogen-bond acceptors (Lipinski definition) is 4. The fourth-order valence-corrected chi connectivity index (χ4v) is 4.45. The van der Waals surface area contributed by atoms with Crippen molar-refractivity contribution >= 4 is 11.7 Å². The summed E-state index contributed by atoms with van der Waals surface area (Å²) in [6, 6.07) is 9.24. The highest BCUT2D eigenvalue weighted by Crippen LogP contribution is 2.23. The Morgan fingerprint density at radius 1 is 0.933 bits per heavy atom. The van der Waals surface area contributed by atoms with Crippen LogP contribution in [0.2, 0.25) is 0 Å². The van der Waals surface area contributed by atoms with E-state index in [4.69, 9.17) is 0 Å². The third-order valence-corrected chi connectivity index (χ3v) is 6.25. The van der Waals surface area contributed by atoms with Gasteiger partial charge in [0.25, 0.3) is 5.56 Å². The molecular formula is C23H29FN4O2. The van der Waals surface area contributed by atoms with Crippen molar-refractivity contribution < 1.29 is 9.18 Å². The summed E-state index contributed by atoms with van der Waals surface area (Å²) in [4.78, 5) is 27.0. The maximum Gasteiger partial charge on any atom is 0.271 e. The molecule has 1 aliphatic carbocycles. The number of rotatable bonds is 4. The first kappa shape index (κ1) is 20.6. The SMILES string of the molecule is O=C(NC1CCCCCC1)C1CCN(c2ccc(=O)n(-c3ccc(F)cc3)n2)CC1. The first-order chi connectivity index (χ1) is 14.6. The van der Waals surface area contributed by atoms with Crippen molar-refractivity contribution in [1.29, 1.82) is 0 Å². The second-order valence-corrected chi connectivity index (χ2v) is 8.38. The number of carbonyl (C=O) groups is 1. The molecule has 1 aromatic carbocycles. The minimum absolute atomic E-state index is 0.0347. The monoisotopic (exact) mass is 412 g/mol. The van der Waals surface area contributed by atoms with E-state index in [0.29, 0.717) is 17.5 Å². The van der Waals surface area contributed by atoms with Gasteiger partial charge in [-0.15, -0.1) is 5.10 Å². The molecule has 0 radical (unpaired) electrons. The van der Waals surface area contributed by atoms with E-state index < -0.39 is 0 Å². The van der Waals surface area contributed by atoms with Gasteiger partial charge in [0.1, 0.15) is 11.6 Å². The Labute approximate surface area is 176 Å². The number of benzene rings is 1. The molecule has 1 aliphatic heterocycles. The Balaban J connectivity index is 1.38. The second-order valence-electron chi connectivity index (χ2n) is 8.38. The third-order valence-electron chi connectivity index (χ3n) is 6.25. The van der Waals surface area contributed by atoms with Crippen molar-refractivity contribution in [2.75, 3.05) is 18.0 Å². The molecule has 0 unspecified atom stereocenters. The van der Waals surface area contributed by atoms with Crippen LogP contribution < -0.4 is 15.8 Å². The normalized spacial score (nSPS) is 18.8. The molecule has 1 aromatic heterocycles. The maximum atomic E-state index is 13.2. The number of piperidine rings is 1. The van der Waals surface area contributed by atoms with Crippen LogP contribution in [0.25, 0.3) is 5.69 Å². The number of carbonyl (C=O) groups excluding carboxylic acids is 1. The average Bonchev–Trinajstić information content (AvgIpc) is 3.04. The number of amides is 1. The van der Waals surface area contributed by atoms with Crippen LogP contribution in [0.4, 0.5) is 10.2 Å². The number of aromatic nitrogens is 2. The summed E-state index contributed by atoms with van der Waals surface area (Å²) in [6.07, 6.45) is 8.71. The van der Waals surface area contributed by atoms with Crippen LogP contribution in [-0.4, -0.2) is 34.8 Å². The van der Waals surface area contributed by atoms with E-state index in [1.807, 2.05) is 0 Å². The zero-order valence-electron chi connectivity index (χ0n) is 17.2. The maximum absolute atomic E-state index is 13.2. The molecule has 0 spiro atoms. The highest BCUT2D eigenvalue weighted by atomic mass is 19.1. The van der Waals surface area contributed by atoms with Gasteiger partial charge in [-0.25, -0.2) is 4.39 Å². The van der Waals surface area contributed by atoms with Crippen LogP contribution in [0.1, 0.15) is 51.4 Å². The van der Waals surface area contributed by atoms with E-state index in [0.717, 1.165) is 38.8 Å². The van der Waals surface area contributed by atoms with Gasteiger partial charge in [0.05, 0.1) is 5.69 Å². The zero-order valence-corrected chi connectivity index (χ0v) is 17.2. The summed E-state index contributed by atoms with van der Waals surface area (Å²) in [5.74, 6) is 0.562. The van der Waals surface area contributed by atoms with Gasteiger partial charge >= 0.3 is 0 Å². The molecular weight excluding hydrogens is 383 g/mol. The van der Waals surface area contributed by atoms with E-state index in [1.165, 1.54) is 60.7 Å². The lowest BCUT2D eigenvalue weighted by Crippen LogP contribution is -2.44. The molecule has 7 heteroatoms. The average molecular weight is 413 g/mol. The first-order valence-electron chi connectivity index (χ1n) is 11.0. The Morgan fingerprint density at radius 3 is 2.27 bits per heavy atom. The van der Waals surface area contributed by atoms with E-state index in [9.17, 15) is 14.0 Å². The molecule has 2 fully saturated rings. The van der Waals surface area contributed by atoms with E-state index in [-0.39, 0.29) is 23.2 Å². The fourth-order valence-electron chi connectivity index (χ4n) is 4.45. The topological polar surface area (TPSA) is 67.2 Å². The van der Waals surface area contributed by atoms with E-state index in [2.05, 4.69) is 15.3 Å². The van der Waals surface area contributed by atoms with Gasteiger partial charge in [0.15, 0.2) is 0 Å². The lowest BCUT2D eigenvalue weighted by molar-refractivity contribution is -0.126. The van der Waals surface area contributed by atoms with Crippen molar-refractivity contribution in [3.8, 4) is 5.69 Å². The van der Waals surface area contributed by atoms with Gasteiger partial charge in [0.2, 0.25) is 5.91 Å². The molecule has 1 saturated carbocycles. The van der Waals surface area contributed by atoms with Crippen LogP contribution in [0.15, 0.2) is 41.2 Å². The van der Waals surface area contributed by atoms with E-state index >= 15 is 0 Å². The summed E-state index contributed by atoms with van der Waals surface area (Å²) in [7, 11) is 0. The number of halogens is 1. The molecule has 0 bridgehead atoms. The standard InChI is InChI=1S/C23H29FN4O2/c24-18-7-9-20(10-8-18)28-22(29)12-11-21(26-28)27-15-13-17(14-16-27)23(30)25-19-5-3-1-2-4-6-19/h7-12,17,19H,1-6,13-16H2,(H,25,30). The Kier molecular flexibility index (Phi) is 6.45. The zero-order chi connectivity index (χ0) is 20.9. The molecule has 1 N–H and O–H groups in total. The van der Waals surface area contributed by atoms with Crippen molar-refractivity contribution in [2.24, 2.45) is 5.92 Å². The summed E-state index contributed by atoms with van der Waals surface area (Å²) in [5.41, 5.74) is 0.268. The molecule has 2 aliphatic rings. The first-order valence-corrected chi connectivity index (χ1v) is 11.0. The summed E-state index contributed by atoms with van der Waals surface area (Å²) in [5, 5.41) is 7.75. The highest BCUT2D eigenvalue weighted by Gasteiger charge is 2.27. The number of nitrogens with zero attached hydrogens (tertiary/aromatic N) is 3. The Morgan fingerprint density at radius 2 is 1.60 bits per heavy atom. The molecule has 6 nitrogen and oxygen atoms in total. The quantitative estimate of drug-likeness (QED) is 0.782. The van der Waals surface area contributed by atoms with Crippen molar-refractivity contribution in [1.82, 2.24) is 15.1 Å². The van der Waals surface area contributed by atoms with Crippen molar-refractivity contribution in [2.45, 2.75) is 57.4 Å². The van der Waals surface area contributed by atoms with E-state index in [1.54, 1.807) is 6.07 Å². The molecule has 2 heterocycles. The van der Waals surface area contributed by atoms with Crippen LogP contribution in [-0.2, 0) is 4.79 Å². The van der Waals surface area contributed by atoms with Crippen LogP contribution >= 0.6 is 0 Å². The number of nitrogens with one attached hydrogen (secondary N) is 1. The predicted molar refractivity (Wildman–Crippen MR) is 114 cm³/mol.